The number of aromatic nitrogens is 2. The summed E-state index contributed by atoms with van der Waals surface area (Å²) in [5, 5.41) is 6.78. The molecule has 0 aliphatic heterocycles. The molecule has 0 radical (unpaired) electrons. The standard InChI is InChI=1S/C24H31N5/c1-4-26-24(27-10-9-23-14-19(2)13-20(3)15-23)28-16-21-5-7-22(8-6-21)17-29-12-11-25-18-29/h5-8,11-15,18H,4,9-10,16-17H2,1-3H3,(H2,26,27,28). The molecule has 2 N–H and O–H groups in total. The third-order valence-corrected chi connectivity index (χ3v) is 4.70. The molecule has 1 aromatic heterocycles. The normalized spacial score (nSPS) is 11.5. The van der Waals surface area contributed by atoms with Crippen molar-refractivity contribution in [1.29, 1.82) is 0 Å². The largest absolute Gasteiger partial charge is 0.357 e. The van der Waals surface area contributed by atoms with E-state index in [1.54, 1.807) is 6.20 Å². The lowest BCUT2D eigenvalue weighted by molar-refractivity contribution is 0.794. The van der Waals surface area contributed by atoms with Crippen molar-refractivity contribution in [3.05, 3.63) is 89.0 Å². The van der Waals surface area contributed by atoms with Crippen LogP contribution >= 0.6 is 0 Å². The summed E-state index contributed by atoms with van der Waals surface area (Å²) in [6, 6.07) is 15.3. The molecule has 0 aliphatic rings. The van der Waals surface area contributed by atoms with E-state index in [9.17, 15) is 0 Å². The number of rotatable bonds is 8. The van der Waals surface area contributed by atoms with Crippen molar-refractivity contribution in [2.45, 2.75) is 40.3 Å². The first-order valence-corrected chi connectivity index (χ1v) is 10.3. The van der Waals surface area contributed by atoms with Gasteiger partial charge in [0.05, 0.1) is 12.9 Å². The van der Waals surface area contributed by atoms with E-state index < -0.39 is 0 Å². The number of aliphatic imine (C=N–C) groups is 1. The van der Waals surface area contributed by atoms with E-state index in [0.29, 0.717) is 6.54 Å². The number of aryl methyl sites for hydroxylation is 2. The highest BCUT2D eigenvalue weighted by Gasteiger charge is 2.01. The van der Waals surface area contributed by atoms with Crippen molar-refractivity contribution < 1.29 is 0 Å². The first-order chi connectivity index (χ1) is 14.1. The van der Waals surface area contributed by atoms with E-state index in [-0.39, 0.29) is 0 Å². The Hall–Kier alpha value is -3.08. The number of hydrogen-bond acceptors (Lipinski definition) is 2. The molecule has 152 valence electrons. The molecule has 3 aromatic rings. The summed E-state index contributed by atoms with van der Waals surface area (Å²) < 4.78 is 2.07. The highest BCUT2D eigenvalue weighted by atomic mass is 15.2. The van der Waals surface area contributed by atoms with Crippen molar-refractivity contribution in [2.75, 3.05) is 13.1 Å². The Morgan fingerprint density at radius 3 is 2.34 bits per heavy atom. The highest BCUT2D eigenvalue weighted by molar-refractivity contribution is 5.79. The van der Waals surface area contributed by atoms with Gasteiger partial charge in [0.2, 0.25) is 0 Å². The molecule has 5 heteroatoms. The number of imidazole rings is 1. The second-order valence-electron chi connectivity index (χ2n) is 7.42. The number of nitrogens with zero attached hydrogens (tertiary/aromatic N) is 3. The fourth-order valence-electron chi connectivity index (χ4n) is 3.39. The summed E-state index contributed by atoms with van der Waals surface area (Å²) in [4.78, 5) is 8.82. The molecule has 0 aliphatic carbocycles. The van der Waals surface area contributed by atoms with E-state index in [4.69, 9.17) is 4.99 Å². The summed E-state index contributed by atoms with van der Waals surface area (Å²) in [7, 11) is 0. The number of hydrogen-bond donors (Lipinski definition) is 2. The summed E-state index contributed by atoms with van der Waals surface area (Å²) in [5.74, 6) is 0.861. The predicted octanol–water partition coefficient (Wildman–Crippen LogP) is 3.85. The molecule has 0 spiro atoms. The van der Waals surface area contributed by atoms with Gasteiger partial charge in [-0.3, -0.25) is 0 Å². The predicted molar refractivity (Wildman–Crippen MR) is 120 cm³/mol. The Morgan fingerprint density at radius 1 is 0.966 bits per heavy atom. The van der Waals surface area contributed by atoms with Crippen molar-refractivity contribution in [2.24, 2.45) is 4.99 Å². The van der Waals surface area contributed by atoms with Gasteiger partial charge in [-0.05, 0) is 43.9 Å². The zero-order valence-electron chi connectivity index (χ0n) is 17.7. The van der Waals surface area contributed by atoms with Crippen LogP contribution < -0.4 is 10.6 Å². The summed E-state index contributed by atoms with van der Waals surface area (Å²) >= 11 is 0. The van der Waals surface area contributed by atoms with E-state index >= 15 is 0 Å². The summed E-state index contributed by atoms with van der Waals surface area (Å²) in [5.41, 5.74) is 6.45. The topological polar surface area (TPSA) is 54.2 Å². The van der Waals surface area contributed by atoms with Crippen LogP contribution in [0, 0.1) is 13.8 Å². The van der Waals surface area contributed by atoms with E-state index in [1.165, 1.54) is 27.8 Å². The maximum atomic E-state index is 4.73. The van der Waals surface area contributed by atoms with Crippen LogP contribution in [0.5, 0.6) is 0 Å². The first kappa shape index (κ1) is 20.6. The Balaban J connectivity index is 1.52. The van der Waals surface area contributed by atoms with E-state index in [2.05, 4.69) is 83.4 Å². The van der Waals surface area contributed by atoms with Crippen molar-refractivity contribution in [1.82, 2.24) is 20.2 Å². The Bertz CT molecular complexity index is 891. The van der Waals surface area contributed by atoms with Gasteiger partial charge in [0.1, 0.15) is 0 Å². The first-order valence-electron chi connectivity index (χ1n) is 10.3. The van der Waals surface area contributed by atoms with Crippen LogP contribution in [0.1, 0.15) is 34.7 Å². The minimum Gasteiger partial charge on any atom is -0.357 e. The molecule has 0 amide bonds. The van der Waals surface area contributed by atoms with Crippen molar-refractivity contribution in [3.8, 4) is 0 Å². The molecule has 0 saturated carbocycles. The molecular weight excluding hydrogens is 358 g/mol. The fourth-order valence-corrected chi connectivity index (χ4v) is 3.39. The molecule has 2 aromatic carbocycles. The van der Waals surface area contributed by atoms with Gasteiger partial charge in [-0.2, -0.15) is 0 Å². The van der Waals surface area contributed by atoms with Crippen LogP contribution in [0.25, 0.3) is 0 Å². The molecule has 0 atom stereocenters. The van der Waals surface area contributed by atoms with Gasteiger partial charge in [-0.25, -0.2) is 9.98 Å². The Kier molecular flexibility index (Phi) is 7.45. The zero-order chi connectivity index (χ0) is 20.5. The smallest absolute Gasteiger partial charge is 0.191 e. The third kappa shape index (κ3) is 6.79. The van der Waals surface area contributed by atoms with E-state index in [1.807, 2.05) is 12.5 Å². The van der Waals surface area contributed by atoms with Gasteiger partial charge >= 0.3 is 0 Å². The molecule has 0 unspecified atom stereocenters. The second-order valence-corrected chi connectivity index (χ2v) is 7.42. The second kappa shape index (κ2) is 10.5. The Morgan fingerprint density at radius 2 is 1.69 bits per heavy atom. The van der Waals surface area contributed by atoms with Gasteiger partial charge in [-0.1, -0.05) is 53.6 Å². The molecule has 0 bridgehead atoms. The molecule has 0 fully saturated rings. The zero-order valence-corrected chi connectivity index (χ0v) is 17.7. The lowest BCUT2D eigenvalue weighted by atomic mass is 10.1. The van der Waals surface area contributed by atoms with Gasteiger partial charge in [0.15, 0.2) is 5.96 Å². The van der Waals surface area contributed by atoms with Crippen LogP contribution in [-0.2, 0) is 19.5 Å². The van der Waals surface area contributed by atoms with Gasteiger partial charge in [-0.15, -0.1) is 0 Å². The monoisotopic (exact) mass is 389 g/mol. The third-order valence-electron chi connectivity index (χ3n) is 4.70. The number of guanidine groups is 1. The summed E-state index contributed by atoms with van der Waals surface area (Å²) in [6.45, 7) is 9.59. The van der Waals surface area contributed by atoms with Gasteiger partial charge in [0.25, 0.3) is 0 Å². The van der Waals surface area contributed by atoms with Crippen molar-refractivity contribution >= 4 is 5.96 Å². The average molecular weight is 390 g/mol. The minimum absolute atomic E-state index is 0.657. The number of nitrogens with one attached hydrogen (secondary N) is 2. The molecule has 0 saturated heterocycles. The van der Waals surface area contributed by atoms with Crippen LogP contribution in [0.2, 0.25) is 0 Å². The molecular formula is C24H31N5. The quantitative estimate of drug-likeness (QED) is 0.455. The van der Waals surface area contributed by atoms with Crippen LogP contribution in [0.3, 0.4) is 0 Å². The van der Waals surface area contributed by atoms with E-state index in [0.717, 1.165) is 32.0 Å². The molecule has 3 rings (SSSR count). The van der Waals surface area contributed by atoms with Crippen LogP contribution in [-0.4, -0.2) is 28.6 Å². The highest BCUT2D eigenvalue weighted by Crippen LogP contribution is 2.09. The Labute approximate surface area is 173 Å². The minimum atomic E-state index is 0.657. The van der Waals surface area contributed by atoms with Gasteiger partial charge < -0.3 is 15.2 Å². The maximum Gasteiger partial charge on any atom is 0.191 e. The average Bonchev–Trinajstić information content (AvgIpc) is 3.19. The molecule has 1 heterocycles. The van der Waals surface area contributed by atoms with Gasteiger partial charge in [0, 0.05) is 32.0 Å². The SMILES string of the molecule is CCNC(=NCc1ccc(Cn2ccnc2)cc1)NCCc1cc(C)cc(C)c1. The van der Waals surface area contributed by atoms with Crippen LogP contribution in [0.15, 0.2) is 66.2 Å². The lowest BCUT2D eigenvalue weighted by Gasteiger charge is -2.12. The lowest BCUT2D eigenvalue weighted by Crippen LogP contribution is -2.38. The molecule has 5 nitrogen and oxygen atoms in total. The summed E-state index contributed by atoms with van der Waals surface area (Å²) in [6.07, 6.45) is 6.60. The van der Waals surface area contributed by atoms with Crippen molar-refractivity contribution in [3.63, 3.8) is 0 Å². The maximum absolute atomic E-state index is 4.73. The fraction of sp³-hybridized carbons (Fsp3) is 0.333. The van der Waals surface area contributed by atoms with Crippen LogP contribution in [0.4, 0.5) is 0 Å². The number of benzene rings is 2. The molecule has 29 heavy (non-hydrogen) atoms.